The molecule has 4 fully saturated rings. The fourth-order valence-corrected chi connectivity index (χ4v) is 12.9. The first-order valence-electron chi connectivity index (χ1n) is 18.6. The van der Waals surface area contributed by atoms with Crippen LogP contribution in [0.1, 0.15) is 30.4 Å². The topological polar surface area (TPSA) is 4.93 Å². The van der Waals surface area contributed by atoms with Gasteiger partial charge in [0, 0.05) is 21.9 Å². The molecule has 5 aliphatic carbocycles. The standard InChI is InChI=1S/C49H35N/c1-2-9-29(10-3-1)31-12-8-13-36(23-31)50-43-21-19-33(25-40(43)47-37-14-5-4-11-30(37)18-22-44(47)50)32-17-20-42-39(24-32)38-15-6-7-16-41(38)49(42)45-27-34-26-35-28-46(49)48(34,35)45/h1-25,34-35,45-46H,26-28H2. The summed E-state index contributed by atoms with van der Waals surface area (Å²) in [7, 11) is 0. The molecule has 4 unspecified atom stereocenters. The van der Waals surface area contributed by atoms with E-state index in [-0.39, 0.29) is 5.41 Å². The van der Waals surface area contributed by atoms with E-state index in [1.807, 2.05) is 0 Å². The molecule has 0 saturated heterocycles. The van der Waals surface area contributed by atoms with E-state index in [0.717, 1.165) is 29.1 Å². The lowest BCUT2D eigenvalue weighted by atomic mass is 9.11. The molecule has 5 aliphatic rings. The SMILES string of the molecule is c1ccc(-c2cccc(-n3c4ccc(-c5ccc6c(c5)-c5ccccc5C65C6CC7CC8CC5C786)cc4c4c5ccccc5ccc43)c2)cc1. The first kappa shape index (κ1) is 26.5. The summed E-state index contributed by atoms with van der Waals surface area (Å²) in [6, 6.07) is 57.4. The van der Waals surface area contributed by atoms with Gasteiger partial charge in [-0.2, -0.15) is 0 Å². The summed E-state index contributed by atoms with van der Waals surface area (Å²) in [5, 5.41) is 5.23. The fraction of sp³-hybridized carbons (Fsp3) is 0.184. The van der Waals surface area contributed by atoms with Gasteiger partial charge >= 0.3 is 0 Å². The molecule has 4 saturated carbocycles. The lowest BCUT2D eigenvalue weighted by Crippen LogP contribution is -2.88. The molecule has 2 spiro atoms. The highest BCUT2D eigenvalue weighted by atomic mass is 15.0. The second-order valence-corrected chi connectivity index (χ2v) is 16.0. The zero-order valence-electron chi connectivity index (χ0n) is 27.8. The van der Waals surface area contributed by atoms with Crippen LogP contribution in [-0.4, -0.2) is 4.57 Å². The molecule has 1 heterocycles. The van der Waals surface area contributed by atoms with Crippen LogP contribution in [-0.2, 0) is 5.41 Å². The van der Waals surface area contributed by atoms with Gasteiger partial charge < -0.3 is 4.57 Å². The predicted molar refractivity (Wildman–Crippen MR) is 206 cm³/mol. The van der Waals surface area contributed by atoms with Crippen molar-refractivity contribution in [2.24, 2.45) is 29.1 Å². The highest BCUT2D eigenvalue weighted by Gasteiger charge is 2.90. The minimum absolute atomic E-state index is 0.266. The number of rotatable bonds is 3. The lowest BCUT2D eigenvalue weighted by Gasteiger charge is -2.92. The Hall–Kier alpha value is -5.40. The van der Waals surface area contributed by atoms with Gasteiger partial charge in [0.25, 0.3) is 0 Å². The van der Waals surface area contributed by atoms with Gasteiger partial charge in [0.1, 0.15) is 0 Å². The molecular formula is C49H35N. The summed E-state index contributed by atoms with van der Waals surface area (Å²) in [6.45, 7) is 0. The van der Waals surface area contributed by atoms with Crippen LogP contribution in [0.15, 0.2) is 152 Å². The van der Waals surface area contributed by atoms with Crippen LogP contribution < -0.4 is 0 Å². The molecule has 236 valence electrons. The maximum Gasteiger partial charge on any atom is 0.0547 e. The molecular weight excluding hydrogens is 603 g/mol. The monoisotopic (exact) mass is 637 g/mol. The normalized spacial score (nSPS) is 27.5. The van der Waals surface area contributed by atoms with E-state index < -0.39 is 0 Å². The molecule has 0 bridgehead atoms. The lowest BCUT2D eigenvalue weighted by molar-refractivity contribution is -0.412. The number of hydrogen-bond acceptors (Lipinski definition) is 0. The van der Waals surface area contributed by atoms with E-state index in [2.05, 4.69) is 156 Å². The van der Waals surface area contributed by atoms with Crippen molar-refractivity contribution >= 4 is 32.6 Å². The van der Waals surface area contributed by atoms with E-state index in [4.69, 9.17) is 0 Å². The molecule has 8 aromatic rings. The maximum absolute atomic E-state index is 2.55. The highest BCUT2D eigenvalue weighted by Crippen LogP contribution is 2.94. The Morgan fingerprint density at radius 1 is 0.460 bits per heavy atom. The summed E-state index contributed by atoms with van der Waals surface area (Å²) in [4.78, 5) is 0. The molecule has 1 heteroatoms. The fourth-order valence-electron chi connectivity index (χ4n) is 12.9. The second-order valence-electron chi connectivity index (χ2n) is 16.0. The van der Waals surface area contributed by atoms with E-state index in [1.165, 1.54) is 90.9 Å². The van der Waals surface area contributed by atoms with E-state index >= 15 is 0 Å². The van der Waals surface area contributed by atoms with Crippen molar-refractivity contribution in [3.8, 4) is 39.1 Å². The van der Waals surface area contributed by atoms with Gasteiger partial charge in [0.05, 0.1) is 11.0 Å². The molecule has 0 aliphatic heterocycles. The number of fused-ring (bicyclic) bond motifs is 12. The van der Waals surface area contributed by atoms with Crippen LogP contribution in [0.3, 0.4) is 0 Å². The van der Waals surface area contributed by atoms with Gasteiger partial charge in [-0.05, 0) is 140 Å². The van der Waals surface area contributed by atoms with Crippen molar-refractivity contribution in [1.82, 2.24) is 4.57 Å². The van der Waals surface area contributed by atoms with Gasteiger partial charge in [-0.25, -0.2) is 0 Å². The number of nitrogens with zero attached hydrogens (tertiary/aromatic N) is 1. The van der Waals surface area contributed by atoms with Gasteiger partial charge in [-0.3, -0.25) is 0 Å². The Kier molecular flexibility index (Phi) is 4.68. The summed E-state index contributed by atoms with van der Waals surface area (Å²) in [5.74, 6) is 3.79. The molecule has 0 radical (unpaired) electrons. The van der Waals surface area contributed by atoms with E-state index in [9.17, 15) is 0 Å². The van der Waals surface area contributed by atoms with Crippen LogP contribution in [0.25, 0.3) is 71.6 Å². The Morgan fingerprint density at radius 3 is 2.04 bits per heavy atom. The van der Waals surface area contributed by atoms with Gasteiger partial charge in [-0.1, -0.05) is 115 Å². The summed E-state index contributed by atoms with van der Waals surface area (Å²) < 4.78 is 2.47. The van der Waals surface area contributed by atoms with Gasteiger partial charge in [0.15, 0.2) is 0 Å². The van der Waals surface area contributed by atoms with E-state index in [0.29, 0.717) is 0 Å². The van der Waals surface area contributed by atoms with Crippen molar-refractivity contribution in [3.63, 3.8) is 0 Å². The van der Waals surface area contributed by atoms with Crippen LogP contribution in [0.4, 0.5) is 0 Å². The predicted octanol–water partition coefficient (Wildman–Crippen LogP) is 12.2. The van der Waals surface area contributed by atoms with E-state index in [1.54, 1.807) is 11.1 Å². The summed E-state index contributed by atoms with van der Waals surface area (Å²) in [5.41, 5.74) is 16.0. The Morgan fingerprint density at radius 2 is 1.16 bits per heavy atom. The third kappa shape index (κ3) is 2.82. The molecule has 1 nitrogen and oxygen atoms in total. The average Bonchev–Trinajstić information content (AvgIpc) is 3.64. The molecule has 50 heavy (non-hydrogen) atoms. The first-order valence-corrected chi connectivity index (χ1v) is 18.6. The summed E-state index contributed by atoms with van der Waals surface area (Å²) in [6.07, 6.45) is 4.42. The van der Waals surface area contributed by atoms with Crippen molar-refractivity contribution < 1.29 is 0 Å². The molecule has 0 amide bonds. The molecule has 1 aromatic heterocycles. The van der Waals surface area contributed by atoms with Crippen LogP contribution in [0.2, 0.25) is 0 Å². The van der Waals surface area contributed by atoms with Gasteiger partial charge in [-0.15, -0.1) is 0 Å². The van der Waals surface area contributed by atoms with Crippen molar-refractivity contribution in [2.75, 3.05) is 0 Å². The van der Waals surface area contributed by atoms with Crippen LogP contribution in [0, 0.1) is 29.1 Å². The largest absolute Gasteiger partial charge is 0.309 e. The smallest absolute Gasteiger partial charge is 0.0547 e. The molecule has 7 aromatic carbocycles. The van der Waals surface area contributed by atoms with Crippen LogP contribution in [0.5, 0.6) is 0 Å². The zero-order valence-corrected chi connectivity index (χ0v) is 27.8. The van der Waals surface area contributed by atoms with Gasteiger partial charge in [0.2, 0.25) is 0 Å². The molecule has 13 rings (SSSR count). The molecule has 0 N–H and O–H groups in total. The van der Waals surface area contributed by atoms with Crippen molar-refractivity contribution in [1.29, 1.82) is 0 Å². The Bertz CT molecular complexity index is 2760. The minimum atomic E-state index is 0.266. The third-order valence-corrected chi connectivity index (χ3v) is 14.7. The third-order valence-electron chi connectivity index (χ3n) is 14.7. The quantitative estimate of drug-likeness (QED) is 0.182. The van der Waals surface area contributed by atoms with Crippen molar-refractivity contribution in [3.05, 3.63) is 163 Å². The average molecular weight is 638 g/mol. The second kappa shape index (κ2) is 8.84. The van der Waals surface area contributed by atoms with Crippen molar-refractivity contribution in [2.45, 2.75) is 24.7 Å². The minimum Gasteiger partial charge on any atom is -0.309 e. The number of benzene rings is 7. The zero-order chi connectivity index (χ0) is 32.3. The molecule has 4 atom stereocenters. The highest BCUT2D eigenvalue weighted by molar-refractivity contribution is 6.22. The Labute approximate surface area is 291 Å². The Balaban J connectivity index is 1.01. The summed E-state index contributed by atoms with van der Waals surface area (Å²) >= 11 is 0. The first-order chi connectivity index (χ1) is 24.8. The maximum atomic E-state index is 2.55. The number of aromatic nitrogens is 1. The number of hydrogen-bond donors (Lipinski definition) is 0. The van der Waals surface area contributed by atoms with Crippen LogP contribution >= 0.6 is 0 Å².